The Hall–Kier alpha value is -0.940. The van der Waals surface area contributed by atoms with Crippen molar-refractivity contribution < 1.29 is 83.9 Å². The number of hydrogen-bond donors (Lipinski definition) is 9. The van der Waals surface area contributed by atoms with Crippen LogP contribution in [0.5, 0.6) is 0 Å². The van der Waals surface area contributed by atoms with Crippen molar-refractivity contribution >= 4 is 0 Å². The molecule has 0 bridgehead atoms. The van der Waals surface area contributed by atoms with Gasteiger partial charge in [-0.1, -0.05) is 39.3 Å². The lowest BCUT2D eigenvalue weighted by molar-refractivity contribution is -0.393. The predicted molar refractivity (Wildman–Crippen MR) is 210 cm³/mol. The third-order valence-electron chi connectivity index (χ3n) is 17.4. The SMILES string of the molecule is CC1CCC2(OC1)OC1CC3C4CC=C5CC(O)CC(OC6OC(CO)C(O)C(OC7OCC(O)C(O)C7O)C6OC6OC(C)C(O)C(O)C6O)C5(C)C4CCC3(C)C1C2C. The van der Waals surface area contributed by atoms with E-state index in [0.29, 0.717) is 30.1 Å². The molecule has 348 valence electrons. The van der Waals surface area contributed by atoms with E-state index >= 15 is 0 Å². The van der Waals surface area contributed by atoms with Crippen LogP contribution in [-0.2, 0) is 37.9 Å². The number of aliphatic hydroxyl groups is 9. The van der Waals surface area contributed by atoms with Crippen molar-refractivity contribution in [2.45, 2.75) is 196 Å². The molecule has 4 aliphatic carbocycles. The molecule has 1 spiro atoms. The zero-order valence-electron chi connectivity index (χ0n) is 35.9. The van der Waals surface area contributed by atoms with E-state index in [9.17, 15) is 46.0 Å². The van der Waals surface area contributed by atoms with Gasteiger partial charge in [-0.2, -0.15) is 0 Å². The zero-order valence-corrected chi connectivity index (χ0v) is 35.9. The summed E-state index contributed by atoms with van der Waals surface area (Å²) in [6.07, 6.45) is -14.0. The van der Waals surface area contributed by atoms with E-state index in [1.807, 2.05) is 0 Å². The first-order valence-electron chi connectivity index (χ1n) is 22.9. The molecule has 3 saturated carbocycles. The molecule has 26 unspecified atom stereocenters. The average molecular weight is 871 g/mol. The van der Waals surface area contributed by atoms with Gasteiger partial charge in [-0.05, 0) is 80.5 Å². The Bertz CT molecular complexity index is 1590. The van der Waals surface area contributed by atoms with Crippen LogP contribution in [0.1, 0.15) is 86.0 Å². The summed E-state index contributed by atoms with van der Waals surface area (Å²) in [5, 5.41) is 97.4. The highest BCUT2D eigenvalue weighted by Crippen LogP contribution is 2.71. The molecule has 0 amide bonds. The Balaban J connectivity index is 1.02. The summed E-state index contributed by atoms with van der Waals surface area (Å²) in [6.45, 7) is 10.3. The minimum absolute atomic E-state index is 0.0410. The van der Waals surface area contributed by atoms with E-state index in [4.69, 9.17) is 37.9 Å². The summed E-state index contributed by atoms with van der Waals surface area (Å²) in [5.74, 6) is 1.47. The quantitative estimate of drug-likeness (QED) is 0.151. The predicted octanol–water partition coefficient (Wildman–Crippen LogP) is -0.176. The fraction of sp³-hybridized carbons (Fsp3) is 0.955. The van der Waals surface area contributed by atoms with E-state index in [1.54, 1.807) is 0 Å². The van der Waals surface area contributed by atoms with E-state index < -0.39 is 123 Å². The van der Waals surface area contributed by atoms with Crippen LogP contribution in [0.25, 0.3) is 0 Å². The fourth-order valence-electron chi connectivity index (χ4n) is 13.8. The first-order chi connectivity index (χ1) is 28.9. The Morgan fingerprint density at radius 3 is 2.20 bits per heavy atom. The van der Waals surface area contributed by atoms with Crippen LogP contribution in [0.15, 0.2) is 11.6 Å². The second-order valence-corrected chi connectivity index (χ2v) is 20.7. The maximum atomic E-state index is 11.7. The number of rotatable bonds is 7. The molecule has 5 aliphatic heterocycles. The zero-order chi connectivity index (χ0) is 43.5. The summed E-state index contributed by atoms with van der Waals surface area (Å²) < 4.78 is 50.8. The standard InChI is InChI=1S/C44H70O17/c1-18-8-11-44(55-16-18)19(2)30-27(61-44)14-25-23-7-6-21-12-22(46)13-29(43(21,5)24(23)9-10-42(25,30)4)58-41-38(60-40-36(53)34(51)31(48)20(3)56-40)37(33(50)28(15-45)57-41)59-39-35(52)32(49)26(47)17-54-39/h6,18-20,22-41,45-53H,7-17H2,1-5H3. The molecule has 8 fully saturated rings. The number of ether oxygens (including phenoxy) is 8. The van der Waals surface area contributed by atoms with Gasteiger partial charge in [-0.15, -0.1) is 0 Å². The number of fused-ring (bicyclic) bond motifs is 7. The van der Waals surface area contributed by atoms with Crippen molar-refractivity contribution in [3.05, 3.63) is 11.6 Å². The Morgan fingerprint density at radius 2 is 1.48 bits per heavy atom. The van der Waals surface area contributed by atoms with Crippen LogP contribution < -0.4 is 0 Å². The van der Waals surface area contributed by atoms with Crippen LogP contribution >= 0.6 is 0 Å². The molecule has 17 heteroatoms. The summed E-state index contributed by atoms with van der Waals surface area (Å²) in [7, 11) is 0. The van der Waals surface area contributed by atoms with Gasteiger partial charge in [0.05, 0.1) is 44.2 Å². The van der Waals surface area contributed by atoms with Crippen molar-refractivity contribution in [3.63, 3.8) is 0 Å². The minimum atomic E-state index is -1.77. The lowest BCUT2D eigenvalue weighted by atomic mass is 9.46. The van der Waals surface area contributed by atoms with Crippen LogP contribution in [0.4, 0.5) is 0 Å². The first-order valence-corrected chi connectivity index (χ1v) is 22.9. The Morgan fingerprint density at radius 1 is 0.738 bits per heavy atom. The summed E-state index contributed by atoms with van der Waals surface area (Å²) in [5.41, 5.74) is 0.542. The number of aliphatic hydroxyl groups excluding tert-OH is 9. The smallest absolute Gasteiger partial charge is 0.187 e. The summed E-state index contributed by atoms with van der Waals surface area (Å²) in [4.78, 5) is 0. The average Bonchev–Trinajstić information content (AvgIpc) is 3.68. The lowest BCUT2D eigenvalue weighted by Gasteiger charge is -2.61. The molecule has 0 radical (unpaired) electrons. The monoisotopic (exact) mass is 870 g/mol. The van der Waals surface area contributed by atoms with Crippen LogP contribution in [-0.4, -0.2) is 176 Å². The van der Waals surface area contributed by atoms with E-state index in [2.05, 4.69) is 33.8 Å². The molecule has 9 rings (SSSR count). The Labute approximate surface area is 357 Å². The fourth-order valence-corrected chi connectivity index (χ4v) is 13.8. The third-order valence-corrected chi connectivity index (χ3v) is 17.4. The number of hydrogen-bond acceptors (Lipinski definition) is 17. The molecule has 9 N–H and O–H groups in total. The van der Waals surface area contributed by atoms with Gasteiger partial charge >= 0.3 is 0 Å². The van der Waals surface area contributed by atoms with Gasteiger partial charge in [0, 0.05) is 24.2 Å². The topological polar surface area (TPSA) is 256 Å². The van der Waals surface area contributed by atoms with Gasteiger partial charge in [-0.25, -0.2) is 0 Å². The van der Waals surface area contributed by atoms with Gasteiger partial charge in [0.2, 0.25) is 0 Å². The second kappa shape index (κ2) is 16.7. The van der Waals surface area contributed by atoms with Crippen molar-refractivity contribution in [1.82, 2.24) is 0 Å². The number of allylic oxidation sites excluding steroid dienone is 1. The highest BCUT2D eigenvalue weighted by molar-refractivity contribution is 5.29. The summed E-state index contributed by atoms with van der Waals surface area (Å²) in [6, 6.07) is 0. The largest absolute Gasteiger partial charge is 0.394 e. The van der Waals surface area contributed by atoms with Crippen LogP contribution in [0.2, 0.25) is 0 Å². The van der Waals surface area contributed by atoms with Crippen LogP contribution in [0.3, 0.4) is 0 Å². The van der Waals surface area contributed by atoms with Crippen molar-refractivity contribution in [2.75, 3.05) is 19.8 Å². The van der Waals surface area contributed by atoms with E-state index in [-0.39, 0.29) is 29.8 Å². The van der Waals surface area contributed by atoms with E-state index in [1.165, 1.54) is 6.92 Å². The van der Waals surface area contributed by atoms with Crippen molar-refractivity contribution in [2.24, 2.45) is 46.3 Å². The lowest BCUT2D eigenvalue weighted by Crippen LogP contribution is -2.67. The molecule has 26 atom stereocenters. The van der Waals surface area contributed by atoms with Gasteiger partial charge in [0.25, 0.3) is 0 Å². The Kier molecular flexibility index (Phi) is 12.4. The molecule has 0 aromatic heterocycles. The third kappa shape index (κ3) is 7.32. The molecule has 17 nitrogen and oxygen atoms in total. The molecule has 5 heterocycles. The summed E-state index contributed by atoms with van der Waals surface area (Å²) >= 11 is 0. The first kappa shape index (κ1) is 45.2. The normalized spacial score (nSPS) is 58.4. The molecule has 0 aromatic rings. The molecule has 5 saturated heterocycles. The minimum Gasteiger partial charge on any atom is -0.394 e. The van der Waals surface area contributed by atoms with Gasteiger partial charge < -0.3 is 83.9 Å². The van der Waals surface area contributed by atoms with Gasteiger partial charge in [-0.3, -0.25) is 0 Å². The highest BCUT2D eigenvalue weighted by atomic mass is 16.8. The van der Waals surface area contributed by atoms with Crippen molar-refractivity contribution in [3.8, 4) is 0 Å². The molecular weight excluding hydrogens is 800 g/mol. The van der Waals surface area contributed by atoms with E-state index in [0.717, 1.165) is 50.7 Å². The maximum Gasteiger partial charge on any atom is 0.187 e. The molecule has 61 heavy (non-hydrogen) atoms. The molecule has 0 aromatic carbocycles. The van der Waals surface area contributed by atoms with Gasteiger partial charge in [0.15, 0.2) is 24.7 Å². The molecule has 9 aliphatic rings. The molecular formula is C44H70O17. The van der Waals surface area contributed by atoms with Crippen LogP contribution in [0, 0.1) is 46.3 Å². The maximum absolute atomic E-state index is 11.7. The van der Waals surface area contributed by atoms with Gasteiger partial charge in [0.1, 0.15) is 61.0 Å². The highest BCUT2D eigenvalue weighted by Gasteiger charge is 2.70. The second-order valence-electron chi connectivity index (χ2n) is 20.7. The van der Waals surface area contributed by atoms with Crippen molar-refractivity contribution in [1.29, 1.82) is 0 Å².